The fourth-order valence-electron chi connectivity index (χ4n) is 7.66. The molecule has 8 nitrogen and oxygen atoms in total. The number of piperidine rings is 1. The van der Waals surface area contributed by atoms with Gasteiger partial charge >= 0.3 is 0 Å². The van der Waals surface area contributed by atoms with Gasteiger partial charge in [-0.25, -0.2) is 0 Å². The number of nitrogens with one attached hydrogen (secondary N) is 2. The standard InChI is InChI=1S/C37H45N5O3/c38-34(43)26-14-12-25(13-15-26)24-42-32-23-29(35(39)44)17-16-28(32)22-33(42)36(45)40-30-10-7-9-27(21-30)31-11-8-20-37(41-31)18-5-3-1-2-4-6-19-37/h7,9-10,12-17,21,23,31,33,41H,1-6,8,11,18-20,22,24H2,(H2,38,43)(H2,39,44)(H,40,45). The summed E-state index contributed by atoms with van der Waals surface area (Å²) in [4.78, 5) is 39.6. The molecule has 2 unspecified atom stereocenters. The molecular formula is C37H45N5O3. The van der Waals surface area contributed by atoms with E-state index in [1.807, 2.05) is 35.2 Å². The molecule has 45 heavy (non-hydrogen) atoms. The maximum Gasteiger partial charge on any atom is 0.248 e. The van der Waals surface area contributed by atoms with Crippen molar-refractivity contribution in [1.82, 2.24) is 5.32 Å². The van der Waals surface area contributed by atoms with Gasteiger partial charge in [0.2, 0.25) is 17.7 Å². The molecule has 0 radical (unpaired) electrons. The van der Waals surface area contributed by atoms with Crippen molar-refractivity contribution in [2.75, 3.05) is 10.2 Å². The van der Waals surface area contributed by atoms with Crippen LogP contribution in [0.15, 0.2) is 66.7 Å². The van der Waals surface area contributed by atoms with Gasteiger partial charge in [0.25, 0.3) is 0 Å². The molecule has 2 atom stereocenters. The first kappa shape index (κ1) is 30.8. The highest BCUT2D eigenvalue weighted by Crippen LogP contribution is 2.39. The molecule has 8 heteroatoms. The number of anilines is 2. The van der Waals surface area contributed by atoms with E-state index in [1.54, 1.807) is 24.3 Å². The lowest BCUT2D eigenvalue weighted by Crippen LogP contribution is -2.50. The Bertz CT molecular complexity index is 1540. The number of amides is 3. The zero-order valence-corrected chi connectivity index (χ0v) is 26.0. The van der Waals surface area contributed by atoms with Crippen molar-refractivity contribution in [2.24, 2.45) is 11.5 Å². The molecule has 6 N–H and O–H groups in total. The van der Waals surface area contributed by atoms with E-state index in [2.05, 4.69) is 22.8 Å². The van der Waals surface area contributed by atoms with Gasteiger partial charge in [0.1, 0.15) is 6.04 Å². The van der Waals surface area contributed by atoms with Gasteiger partial charge < -0.3 is 27.0 Å². The van der Waals surface area contributed by atoms with Gasteiger partial charge in [0, 0.05) is 47.0 Å². The highest BCUT2D eigenvalue weighted by Gasteiger charge is 2.37. The van der Waals surface area contributed by atoms with E-state index in [-0.39, 0.29) is 17.5 Å². The SMILES string of the molecule is NC(=O)c1ccc(CN2c3cc(C(N)=O)ccc3CC2C(=O)Nc2cccc(C3CCCC4(CCCCCCCC4)N3)c2)cc1. The number of rotatable bonds is 7. The lowest BCUT2D eigenvalue weighted by molar-refractivity contribution is -0.117. The van der Waals surface area contributed by atoms with Gasteiger partial charge in [-0.15, -0.1) is 0 Å². The highest BCUT2D eigenvalue weighted by molar-refractivity contribution is 6.00. The first-order chi connectivity index (χ1) is 21.8. The van der Waals surface area contributed by atoms with Crippen LogP contribution in [-0.4, -0.2) is 29.3 Å². The first-order valence-electron chi connectivity index (χ1n) is 16.6. The van der Waals surface area contributed by atoms with Crippen molar-refractivity contribution < 1.29 is 14.4 Å². The molecule has 236 valence electrons. The van der Waals surface area contributed by atoms with Gasteiger partial charge in [0.05, 0.1) is 0 Å². The third kappa shape index (κ3) is 7.06. The number of nitrogens with zero attached hydrogens (tertiary/aromatic N) is 1. The van der Waals surface area contributed by atoms with Crippen molar-refractivity contribution in [2.45, 2.75) is 101 Å². The van der Waals surface area contributed by atoms with Crippen LogP contribution in [-0.2, 0) is 17.8 Å². The summed E-state index contributed by atoms with van der Waals surface area (Å²) in [6, 6.07) is 20.5. The smallest absolute Gasteiger partial charge is 0.248 e. The number of primary amides is 2. The molecule has 3 aliphatic rings. The van der Waals surface area contributed by atoms with Crippen LogP contribution in [0.25, 0.3) is 0 Å². The monoisotopic (exact) mass is 607 g/mol. The number of carbonyl (C=O) groups is 3. The van der Waals surface area contributed by atoms with Crippen LogP contribution in [0, 0.1) is 0 Å². The summed E-state index contributed by atoms with van der Waals surface area (Å²) in [5, 5.41) is 7.31. The summed E-state index contributed by atoms with van der Waals surface area (Å²) in [5.74, 6) is -1.11. The Morgan fingerprint density at radius 2 is 1.47 bits per heavy atom. The second-order valence-corrected chi connectivity index (χ2v) is 13.2. The molecule has 2 aliphatic heterocycles. The van der Waals surface area contributed by atoms with Crippen LogP contribution in [0.3, 0.4) is 0 Å². The van der Waals surface area contributed by atoms with Crippen LogP contribution in [0.5, 0.6) is 0 Å². The maximum atomic E-state index is 14.0. The molecule has 1 aliphatic carbocycles. The molecule has 0 aromatic heterocycles. The Balaban J connectivity index is 1.20. The number of fused-ring (bicyclic) bond motifs is 1. The average molecular weight is 608 g/mol. The zero-order valence-electron chi connectivity index (χ0n) is 26.0. The Morgan fingerprint density at radius 1 is 0.800 bits per heavy atom. The Labute approximate surface area is 265 Å². The summed E-state index contributed by atoms with van der Waals surface area (Å²) in [6.07, 6.45) is 14.6. The van der Waals surface area contributed by atoms with Crippen LogP contribution >= 0.6 is 0 Å². The fourth-order valence-corrected chi connectivity index (χ4v) is 7.66. The van der Waals surface area contributed by atoms with Crippen molar-refractivity contribution in [3.8, 4) is 0 Å². The van der Waals surface area contributed by atoms with E-state index in [1.165, 1.54) is 69.8 Å². The number of hydrogen-bond acceptors (Lipinski definition) is 5. The van der Waals surface area contributed by atoms with Crippen molar-refractivity contribution in [3.05, 3.63) is 94.5 Å². The molecule has 1 saturated carbocycles. The zero-order chi connectivity index (χ0) is 31.4. The van der Waals surface area contributed by atoms with Crippen molar-refractivity contribution in [1.29, 1.82) is 0 Å². The molecule has 2 fully saturated rings. The third-order valence-corrected chi connectivity index (χ3v) is 10.1. The summed E-state index contributed by atoms with van der Waals surface area (Å²) in [7, 11) is 0. The molecule has 2 heterocycles. The summed E-state index contributed by atoms with van der Waals surface area (Å²) < 4.78 is 0. The molecule has 1 saturated heterocycles. The largest absolute Gasteiger partial charge is 0.366 e. The van der Waals surface area contributed by atoms with Gasteiger partial charge in [0.15, 0.2) is 0 Å². The Hall–Kier alpha value is -4.17. The second kappa shape index (κ2) is 13.4. The van der Waals surface area contributed by atoms with Crippen LogP contribution in [0.4, 0.5) is 11.4 Å². The predicted octanol–water partition coefficient (Wildman–Crippen LogP) is 6.14. The van der Waals surface area contributed by atoms with E-state index in [0.29, 0.717) is 24.1 Å². The predicted molar refractivity (Wildman–Crippen MR) is 178 cm³/mol. The summed E-state index contributed by atoms with van der Waals surface area (Å²) in [5.41, 5.74) is 16.8. The quantitative estimate of drug-likeness (QED) is 0.256. The fraction of sp³-hybridized carbons (Fsp3) is 0.432. The summed E-state index contributed by atoms with van der Waals surface area (Å²) in [6.45, 7) is 0.417. The lowest BCUT2D eigenvalue weighted by Gasteiger charge is -2.43. The van der Waals surface area contributed by atoms with E-state index in [9.17, 15) is 14.4 Å². The first-order valence-corrected chi connectivity index (χ1v) is 16.6. The number of carbonyl (C=O) groups excluding carboxylic acids is 3. The molecule has 6 rings (SSSR count). The molecule has 3 aromatic carbocycles. The van der Waals surface area contributed by atoms with Gasteiger partial charge in [-0.1, -0.05) is 68.9 Å². The van der Waals surface area contributed by atoms with E-state index in [0.717, 1.165) is 28.9 Å². The van der Waals surface area contributed by atoms with E-state index < -0.39 is 17.9 Å². The van der Waals surface area contributed by atoms with Gasteiger partial charge in [-0.3, -0.25) is 14.4 Å². The van der Waals surface area contributed by atoms with E-state index in [4.69, 9.17) is 11.5 Å². The van der Waals surface area contributed by atoms with Crippen LogP contribution < -0.4 is 27.0 Å². The minimum Gasteiger partial charge on any atom is -0.366 e. The molecule has 3 aromatic rings. The molecular weight excluding hydrogens is 562 g/mol. The van der Waals surface area contributed by atoms with Crippen LogP contribution in [0.1, 0.15) is 114 Å². The minimum absolute atomic E-state index is 0.109. The number of nitrogens with two attached hydrogens (primary N) is 2. The lowest BCUT2D eigenvalue weighted by atomic mass is 9.77. The van der Waals surface area contributed by atoms with Gasteiger partial charge in [-0.2, -0.15) is 0 Å². The van der Waals surface area contributed by atoms with Crippen molar-refractivity contribution in [3.63, 3.8) is 0 Å². The number of benzene rings is 3. The Kier molecular flexibility index (Phi) is 9.21. The second-order valence-electron chi connectivity index (χ2n) is 13.2. The average Bonchev–Trinajstić information content (AvgIpc) is 3.44. The van der Waals surface area contributed by atoms with Gasteiger partial charge in [-0.05, 0) is 85.2 Å². The van der Waals surface area contributed by atoms with Crippen molar-refractivity contribution >= 4 is 29.1 Å². The minimum atomic E-state index is -0.513. The highest BCUT2D eigenvalue weighted by atomic mass is 16.2. The molecule has 0 bridgehead atoms. The summed E-state index contributed by atoms with van der Waals surface area (Å²) >= 11 is 0. The Morgan fingerprint density at radius 3 is 2.18 bits per heavy atom. The maximum absolute atomic E-state index is 14.0. The van der Waals surface area contributed by atoms with Crippen LogP contribution in [0.2, 0.25) is 0 Å². The number of hydrogen-bond donors (Lipinski definition) is 4. The van der Waals surface area contributed by atoms with E-state index >= 15 is 0 Å². The molecule has 3 amide bonds. The topological polar surface area (TPSA) is 131 Å². The molecule has 1 spiro atoms. The third-order valence-electron chi connectivity index (χ3n) is 10.1. The normalized spacial score (nSPS) is 21.3.